The molecule has 24 heavy (non-hydrogen) atoms. The molecule has 4 rings (SSSR count). The fraction of sp³-hybridized carbons (Fsp3) is 0.0625. The number of nitrogens with one attached hydrogen (secondary N) is 1. The van der Waals surface area contributed by atoms with E-state index in [9.17, 15) is 5.26 Å². The summed E-state index contributed by atoms with van der Waals surface area (Å²) in [5, 5.41) is 21.1. The number of rotatable bonds is 4. The summed E-state index contributed by atoms with van der Waals surface area (Å²) >= 11 is 0. The lowest BCUT2D eigenvalue weighted by Gasteiger charge is -2.06. The lowest BCUT2D eigenvalue weighted by molar-refractivity contribution is 0.423. The minimum absolute atomic E-state index is 0.395. The molecule has 0 amide bonds. The topological polar surface area (TPSA) is 105 Å². The molecule has 8 heteroatoms. The molecule has 116 valence electrons. The van der Waals surface area contributed by atoms with Crippen LogP contribution in [0.25, 0.3) is 11.0 Å². The van der Waals surface area contributed by atoms with Crippen LogP contribution in [0.15, 0.2) is 53.5 Å². The monoisotopic (exact) mass is 317 g/mol. The van der Waals surface area contributed by atoms with Gasteiger partial charge in [-0.05, 0) is 11.6 Å². The van der Waals surface area contributed by atoms with Crippen LogP contribution in [0.3, 0.4) is 0 Å². The third-order valence-electron chi connectivity index (χ3n) is 3.51. The van der Waals surface area contributed by atoms with Crippen LogP contribution in [0.1, 0.15) is 11.1 Å². The molecule has 0 radical (unpaired) electrons. The van der Waals surface area contributed by atoms with Crippen LogP contribution in [-0.2, 0) is 6.54 Å². The predicted molar refractivity (Wildman–Crippen MR) is 85.4 cm³/mol. The van der Waals surface area contributed by atoms with Gasteiger partial charge in [0.2, 0.25) is 5.95 Å². The van der Waals surface area contributed by atoms with Gasteiger partial charge >= 0.3 is 0 Å². The molecule has 0 saturated heterocycles. The highest BCUT2D eigenvalue weighted by atomic mass is 16.5. The fourth-order valence-corrected chi connectivity index (χ4v) is 2.36. The zero-order chi connectivity index (χ0) is 16.4. The van der Waals surface area contributed by atoms with E-state index in [1.54, 1.807) is 29.2 Å². The Bertz CT molecular complexity index is 1030. The number of aromatic nitrogens is 5. The molecule has 0 aliphatic rings. The second-order valence-corrected chi connectivity index (χ2v) is 5.05. The normalized spacial score (nSPS) is 10.6. The Morgan fingerprint density at radius 1 is 1.21 bits per heavy atom. The highest BCUT2D eigenvalue weighted by Gasteiger charge is 2.10. The summed E-state index contributed by atoms with van der Waals surface area (Å²) in [4.78, 5) is 8.70. The molecule has 3 aromatic heterocycles. The van der Waals surface area contributed by atoms with Crippen LogP contribution in [0.5, 0.6) is 0 Å². The van der Waals surface area contributed by atoms with Crippen molar-refractivity contribution < 1.29 is 4.52 Å². The van der Waals surface area contributed by atoms with Crippen LogP contribution in [0.4, 0.5) is 11.8 Å². The molecule has 3 heterocycles. The molecule has 0 atom stereocenters. The van der Waals surface area contributed by atoms with Crippen LogP contribution >= 0.6 is 0 Å². The first kappa shape index (κ1) is 13.9. The molecule has 0 unspecified atom stereocenters. The number of nitrogens with zero attached hydrogens (tertiary/aromatic N) is 6. The van der Waals surface area contributed by atoms with Crippen molar-refractivity contribution in [1.29, 1.82) is 5.26 Å². The van der Waals surface area contributed by atoms with Crippen molar-refractivity contribution in [2.75, 3.05) is 5.32 Å². The van der Waals surface area contributed by atoms with Gasteiger partial charge in [0.15, 0.2) is 11.5 Å². The van der Waals surface area contributed by atoms with E-state index in [2.05, 4.69) is 31.6 Å². The largest absolute Gasteiger partial charge is 0.363 e. The number of benzene rings is 1. The van der Waals surface area contributed by atoms with Crippen molar-refractivity contribution >= 4 is 22.8 Å². The van der Waals surface area contributed by atoms with Gasteiger partial charge in [0.1, 0.15) is 6.26 Å². The van der Waals surface area contributed by atoms with E-state index < -0.39 is 0 Å². The van der Waals surface area contributed by atoms with Gasteiger partial charge < -0.3 is 9.84 Å². The zero-order valence-corrected chi connectivity index (χ0v) is 12.4. The van der Waals surface area contributed by atoms with E-state index in [4.69, 9.17) is 4.52 Å². The molecule has 0 bridgehead atoms. The van der Waals surface area contributed by atoms with Gasteiger partial charge in [0.05, 0.1) is 29.8 Å². The van der Waals surface area contributed by atoms with E-state index in [1.807, 2.05) is 18.2 Å². The Morgan fingerprint density at radius 3 is 2.96 bits per heavy atom. The predicted octanol–water partition coefficient (Wildman–Crippen LogP) is 2.48. The molecule has 0 saturated carbocycles. The van der Waals surface area contributed by atoms with Gasteiger partial charge in [0.25, 0.3) is 0 Å². The van der Waals surface area contributed by atoms with Gasteiger partial charge in [-0.15, -0.1) is 0 Å². The van der Waals surface area contributed by atoms with Gasteiger partial charge in [-0.2, -0.15) is 15.3 Å². The van der Waals surface area contributed by atoms with Gasteiger partial charge in [0, 0.05) is 12.3 Å². The Morgan fingerprint density at radius 2 is 2.12 bits per heavy atom. The summed E-state index contributed by atoms with van der Waals surface area (Å²) < 4.78 is 6.51. The van der Waals surface area contributed by atoms with Crippen LogP contribution in [-0.4, -0.2) is 24.9 Å². The van der Waals surface area contributed by atoms with Gasteiger partial charge in [-0.1, -0.05) is 23.4 Å². The Hall–Kier alpha value is -3.73. The van der Waals surface area contributed by atoms with Gasteiger partial charge in [-0.25, -0.2) is 9.67 Å². The highest BCUT2D eigenvalue weighted by Crippen LogP contribution is 2.17. The fourth-order valence-electron chi connectivity index (χ4n) is 2.36. The van der Waals surface area contributed by atoms with E-state index in [1.165, 1.54) is 6.26 Å². The summed E-state index contributed by atoms with van der Waals surface area (Å²) in [6, 6.07) is 11.3. The minimum atomic E-state index is 0.395. The lowest BCUT2D eigenvalue weighted by Crippen LogP contribution is -2.05. The minimum Gasteiger partial charge on any atom is -0.363 e. The van der Waals surface area contributed by atoms with Crippen molar-refractivity contribution in [2.24, 2.45) is 0 Å². The smallest absolute Gasteiger partial charge is 0.230 e. The van der Waals surface area contributed by atoms with Crippen molar-refractivity contribution in [3.8, 4) is 6.07 Å². The van der Waals surface area contributed by atoms with Crippen LogP contribution in [0.2, 0.25) is 0 Å². The van der Waals surface area contributed by atoms with E-state index in [0.29, 0.717) is 29.5 Å². The molecular formula is C16H11N7O. The van der Waals surface area contributed by atoms with Crippen molar-refractivity contribution in [3.63, 3.8) is 0 Å². The van der Waals surface area contributed by atoms with Crippen molar-refractivity contribution in [2.45, 2.75) is 6.54 Å². The third kappa shape index (κ3) is 2.55. The van der Waals surface area contributed by atoms with E-state index >= 15 is 0 Å². The number of nitriles is 1. The summed E-state index contributed by atoms with van der Waals surface area (Å²) in [5.74, 6) is 0.918. The molecule has 0 aliphatic heterocycles. The standard InChI is InChI=1S/C16H11N7O/c17-7-11-3-1-2-4-12(11)10-23-15-13(9-19-23)8-18-16(21-15)20-14-5-6-24-22-14/h1-6,8-9H,10H2,(H,18,20,21,22). The first-order valence-corrected chi connectivity index (χ1v) is 7.17. The lowest BCUT2D eigenvalue weighted by atomic mass is 10.1. The van der Waals surface area contributed by atoms with Gasteiger partial charge in [-0.3, -0.25) is 0 Å². The SMILES string of the molecule is N#Cc1ccccc1Cn1ncc2cnc(Nc3ccon3)nc21. The average Bonchev–Trinajstić information content (AvgIpc) is 3.26. The first-order chi connectivity index (χ1) is 11.8. The maximum atomic E-state index is 9.22. The van der Waals surface area contributed by atoms with Crippen molar-refractivity contribution in [1.82, 2.24) is 24.9 Å². The Balaban J connectivity index is 1.69. The van der Waals surface area contributed by atoms with Crippen LogP contribution in [0, 0.1) is 11.3 Å². The van der Waals surface area contributed by atoms with E-state index in [-0.39, 0.29) is 0 Å². The maximum absolute atomic E-state index is 9.22. The number of hydrogen-bond acceptors (Lipinski definition) is 7. The Labute approximate surface area is 136 Å². The summed E-state index contributed by atoms with van der Waals surface area (Å²) in [6.45, 7) is 0.452. The van der Waals surface area contributed by atoms with Crippen molar-refractivity contribution in [3.05, 3.63) is 60.1 Å². The molecule has 4 aromatic rings. The van der Waals surface area contributed by atoms with Crippen LogP contribution < -0.4 is 5.32 Å². The molecule has 0 spiro atoms. The molecule has 0 aliphatic carbocycles. The quantitative estimate of drug-likeness (QED) is 0.616. The molecule has 0 fully saturated rings. The number of anilines is 2. The third-order valence-corrected chi connectivity index (χ3v) is 3.51. The number of fused-ring (bicyclic) bond motifs is 1. The zero-order valence-electron chi connectivity index (χ0n) is 12.4. The highest BCUT2D eigenvalue weighted by molar-refractivity contribution is 5.75. The number of hydrogen-bond donors (Lipinski definition) is 1. The Kier molecular flexibility index (Phi) is 3.37. The molecule has 8 nitrogen and oxygen atoms in total. The maximum Gasteiger partial charge on any atom is 0.230 e. The molecule has 1 aromatic carbocycles. The summed E-state index contributed by atoms with van der Waals surface area (Å²) in [5.41, 5.74) is 2.18. The average molecular weight is 317 g/mol. The second-order valence-electron chi connectivity index (χ2n) is 5.05. The summed E-state index contributed by atoms with van der Waals surface area (Å²) in [7, 11) is 0. The molecular weight excluding hydrogens is 306 g/mol. The molecule has 1 N–H and O–H groups in total. The second kappa shape index (κ2) is 5.81. The van der Waals surface area contributed by atoms with E-state index in [0.717, 1.165) is 10.9 Å². The first-order valence-electron chi connectivity index (χ1n) is 7.17. The summed E-state index contributed by atoms with van der Waals surface area (Å²) in [6.07, 6.45) is 4.85.